The Morgan fingerprint density at radius 3 is 2.82 bits per heavy atom. The van der Waals surface area contributed by atoms with Crippen molar-refractivity contribution in [1.82, 2.24) is 9.62 Å². The second-order valence-electron chi connectivity index (χ2n) is 5.86. The highest BCUT2D eigenvalue weighted by Crippen LogP contribution is 2.45. The SMILES string of the molecule is CCN1CCC(NS(=O)(=O)C2CC2c2cccc(F)c2)C1=O. The monoisotopic (exact) mass is 326 g/mol. The highest BCUT2D eigenvalue weighted by molar-refractivity contribution is 7.90. The third-order valence-electron chi connectivity index (χ3n) is 4.39. The normalized spacial score (nSPS) is 28.2. The highest BCUT2D eigenvalue weighted by Gasteiger charge is 2.49. The number of rotatable bonds is 5. The minimum absolute atomic E-state index is 0.158. The molecule has 0 bridgehead atoms. The van der Waals surface area contributed by atoms with Crippen molar-refractivity contribution in [2.75, 3.05) is 13.1 Å². The van der Waals surface area contributed by atoms with E-state index in [1.54, 1.807) is 17.0 Å². The zero-order valence-electron chi connectivity index (χ0n) is 12.3. The summed E-state index contributed by atoms with van der Waals surface area (Å²) in [5.41, 5.74) is 0.698. The van der Waals surface area contributed by atoms with Crippen molar-refractivity contribution in [1.29, 1.82) is 0 Å². The van der Waals surface area contributed by atoms with Gasteiger partial charge in [0.1, 0.15) is 11.9 Å². The maximum atomic E-state index is 13.2. The van der Waals surface area contributed by atoms with Crippen LogP contribution in [0.15, 0.2) is 24.3 Å². The van der Waals surface area contributed by atoms with Crippen LogP contribution in [-0.2, 0) is 14.8 Å². The topological polar surface area (TPSA) is 66.5 Å². The van der Waals surface area contributed by atoms with E-state index in [4.69, 9.17) is 0 Å². The van der Waals surface area contributed by atoms with Gasteiger partial charge in [-0.15, -0.1) is 0 Å². The lowest BCUT2D eigenvalue weighted by atomic mass is 10.1. The van der Waals surface area contributed by atoms with E-state index in [9.17, 15) is 17.6 Å². The number of carbonyl (C=O) groups is 1. The largest absolute Gasteiger partial charge is 0.342 e. The third kappa shape index (κ3) is 2.87. The summed E-state index contributed by atoms with van der Waals surface area (Å²) < 4.78 is 40.5. The molecule has 5 nitrogen and oxygen atoms in total. The Labute approximate surface area is 129 Å². The fourth-order valence-electron chi connectivity index (χ4n) is 3.05. The number of hydrogen-bond acceptors (Lipinski definition) is 3. The molecular formula is C15H19FN2O3S. The minimum Gasteiger partial charge on any atom is -0.342 e. The van der Waals surface area contributed by atoms with Crippen LogP contribution in [0.25, 0.3) is 0 Å². The van der Waals surface area contributed by atoms with Crippen LogP contribution < -0.4 is 4.72 Å². The Kier molecular flexibility index (Phi) is 3.94. The summed E-state index contributed by atoms with van der Waals surface area (Å²) in [6.45, 7) is 3.04. The number of amides is 1. The summed E-state index contributed by atoms with van der Waals surface area (Å²) in [7, 11) is -3.57. The predicted octanol–water partition coefficient (Wildman–Crippen LogP) is 1.22. The van der Waals surface area contributed by atoms with E-state index in [-0.39, 0.29) is 17.6 Å². The first-order valence-corrected chi connectivity index (χ1v) is 9.02. The lowest BCUT2D eigenvalue weighted by Crippen LogP contribution is -2.42. The van der Waals surface area contributed by atoms with Gasteiger partial charge < -0.3 is 4.90 Å². The predicted molar refractivity (Wildman–Crippen MR) is 80.3 cm³/mol. The molecule has 1 amide bonds. The van der Waals surface area contributed by atoms with Crippen molar-refractivity contribution in [3.8, 4) is 0 Å². The first-order valence-electron chi connectivity index (χ1n) is 7.47. The standard InChI is InChI=1S/C15H19FN2O3S/c1-2-18-7-6-13(15(18)19)17-22(20,21)14-9-12(14)10-4-3-5-11(16)8-10/h3-5,8,12-14,17H,2,6-7,9H2,1H3. The van der Waals surface area contributed by atoms with Gasteiger partial charge in [0.15, 0.2) is 0 Å². The number of sulfonamides is 1. The van der Waals surface area contributed by atoms with Gasteiger partial charge in [0.2, 0.25) is 15.9 Å². The van der Waals surface area contributed by atoms with Gasteiger partial charge in [0, 0.05) is 19.0 Å². The molecule has 1 saturated heterocycles. The molecule has 22 heavy (non-hydrogen) atoms. The van der Waals surface area contributed by atoms with Gasteiger partial charge in [-0.3, -0.25) is 4.79 Å². The molecule has 1 aliphatic carbocycles. The van der Waals surface area contributed by atoms with Crippen LogP contribution in [0, 0.1) is 5.82 Å². The van der Waals surface area contributed by atoms with Gasteiger partial charge in [-0.1, -0.05) is 12.1 Å². The smallest absolute Gasteiger partial charge is 0.240 e. The molecule has 1 aromatic carbocycles. The van der Waals surface area contributed by atoms with Gasteiger partial charge in [-0.2, -0.15) is 0 Å². The van der Waals surface area contributed by atoms with Crippen molar-refractivity contribution >= 4 is 15.9 Å². The van der Waals surface area contributed by atoms with Crippen molar-refractivity contribution in [3.63, 3.8) is 0 Å². The second kappa shape index (κ2) is 5.62. The van der Waals surface area contributed by atoms with E-state index in [0.717, 1.165) is 0 Å². The minimum atomic E-state index is -3.57. The average Bonchev–Trinajstić information content (AvgIpc) is 3.21. The molecule has 0 aromatic heterocycles. The summed E-state index contributed by atoms with van der Waals surface area (Å²) >= 11 is 0. The fourth-order valence-corrected chi connectivity index (χ4v) is 4.89. The summed E-state index contributed by atoms with van der Waals surface area (Å²) in [5, 5.41) is -0.572. The van der Waals surface area contributed by atoms with E-state index in [1.807, 2.05) is 6.92 Å². The molecule has 3 unspecified atom stereocenters. The Morgan fingerprint density at radius 2 is 2.18 bits per heavy atom. The van der Waals surface area contributed by atoms with Crippen molar-refractivity contribution < 1.29 is 17.6 Å². The molecule has 1 saturated carbocycles. The number of likely N-dealkylation sites (N-methyl/N-ethyl adjacent to an activating group) is 1. The van der Waals surface area contributed by atoms with E-state index < -0.39 is 21.3 Å². The first-order chi connectivity index (χ1) is 10.4. The summed E-state index contributed by atoms with van der Waals surface area (Å²) in [6, 6.07) is 5.38. The summed E-state index contributed by atoms with van der Waals surface area (Å²) in [5.74, 6) is -0.709. The van der Waals surface area contributed by atoms with Gasteiger partial charge >= 0.3 is 0 Å². The van der Waals surface area contributed by atoms with Crippen molar-refractivity contribution in [2.45, 2.75) is 37.0 Å². The number of nitrogens with zero attached hydrogens (tertiary/aromatic N) is 1. The van der Waals surface area contributed by atoms with Crippen LogP contribution in [0.1, 0.15) is 31.2 Å². The number of carbonyl (C=O) groups excluding carboxylic acids is 1. The van der Waals surface area contributed by atoms with E-state index in [0.29, 0.717) is 31.5 Å². The van der Waals surface area contributed by atoms with Gasteiger partial charge in [-0.25, -0.2) is 17.5 Å². The van der Waals surface area contributed by atoms with E-state index in [1.165, 1.54) is 12.1 Å². The molecule has 0 spiro atoms. The molecule has 3 rings (SSSR count). The summed E-state index contributed by atoms with van der Waals surface area (Å²) in [4.78, 5) is 13.6. The van der Waals surface area contributed by atoms with Gasteiger partial charge in [0.05, 0.1) is 5.25 Å². The van der Waals surface area contributed by atoms with Crippen LogP contribution >= 0.6 is 0 Å². The van der Waals surface area contributed by atoms with Gasteiger partial charge in [0.25, 0.3) is 0 Å². The Balaban J connectivity index is 1.67. The van der Waals surface area contributed by atoms with Crippen LogP contribution in [-0.4, -0.2) is 43.6 Å². The Hall–Kier alpha value is -1.47. The lowest BCUT2D eigenvalue weighted by molar-refractivity contribution is -0.128. The first kappa shape index (κ1) is 15.4. The molecule has 120 valence electrons. The quantitative estimate of drug-likeness (QED) is 0.885. The van der Waals surface area contributed by atoms with E-state index in [2.05, 4.69) is 4.72 Å². The molecule has 7 heteroatoms. The molecule has 1 N–H and O–H groups in total. The third-order valence-corrected chi connectivity index (χ3v) is 6.32. The van der Waals surface area contributed by atoms with E-state index >= 15 is 0 Å². The molecule has 1 aromatic rings. The number of nitrogens with one attached hydrogen (secondary N) is 1. The maximum absolute atomic E-state index is 13.2. The second-order valence-corrected chi connectivity index (χ2v) is 7.79. The zero-order valence-corrected chi connectivity index (χ0v) is 13.1. The molecule has 2 aliphatic rings. The Bertz CT molecular complexity index is 692. The number of hydrogen-bond donors (Lipinski definition) is 1. The molecule has 1 heterocycles. The molecule has 3 atom stereocenters. The summed E-state index contributed by atoms with van der Waals surface area (Å²) in [6.07, 6.45) is 0.973. The zero-order chi connectivity index (χ0) is 15.9. The molecule has 0 radical (unpaired) electrons. The number of likely N-dealkylation sites (tertiary alicyclic amines) is 1. The van der Waals surface area contributed by atoms with Gasteiger partial charge in [-0.05, 0) is 37.5 Å². The fraction of sp³-hybridized carbons (Fsp3) is 0.533. The van der Waals surface area contributed by atoms with Crippen LogP contribution in [0.3, 0.4) is 0 Å². The van der Waals surface area contributed by atoms with Crippen molar-refractivity contribution in [3.05, 3.63) is 35.6 Å². The molecule has 1 aliphatic heterocycles. The van der Waals surface area contributed by atoms with Crippen LogP contribution in [0.4, 0.5) is 4.39 Å². The van der Waals surface area contributed by atoms with Crippen LogP contribution in [0.5, 0.6) is 0 Å². The molecule has 2 fully saturated rings. The highest BCUT2D eigenvalue weighted by atomic mass is 32.2. The number of benzene rings is 1. The van der Waals surface area contributed by atoms with Crippen LogP contribution in [0.2, 0.25) is 0 Å². The maximum Gasteiger partial charge on any atom is 0.240 e. The van der Waals surface area contributed by atoms with Crippen molar-refractivity contribution in [2.24, 2.45) is 0 Å². The number of halogens is 1. The molecular weight excluding hydrogens is 307 g/mol. The lowest BCUT2D eigenvalue weighted by Gasteiger charge is -2.15. The average molecular weight is 326 g/mol. The Morgan fingerprint density at radius 1 is 1.41 bits per heavy atom.